The molecule has 134 valence electrons. The Morgan fingerprint density at radius 1 is 0.960 bits per heavy atom. The van der Waals surface area contributed by atoms with Gasteiger partial charge in [-0.15, -0.1) is 0 Å². The molecule has 1 heterocycles. The average Bonchev–Trinajstić information content (AvgIpc) is 2.63. The number of nitrogens with zero attached hydrogens (tertiary/aromatic N) is 1. The molecule has 0 N–H and O–H groups in total. The first-order valence-corrected chi connectivity index (χ1v) is 9.53. The Morgan fingerprint density at radius 3 is 2.20 bits per heavy atom. The Morgan fingerprint density at radius 2 is 1.60 bits per heavy atom. The van der Waals surface area contributed by atoms with E-state index >= 15 is 0 Å². The fraction of sp³-hybridized carbons (Fsp3) is 0.478. The van der Waals surface area contributed by atoms with E-state index in [1.54, 1.807) is 7.11 Å². The minimum Gasteiger partial charge on any atom is -0.496 e. The maximum Gasteiger partial charge on any atom is 0.122 e. The molecule has 1 saturated heterocycles. The summed E-state index contributed by atoms with van der Waals surface area (Å²) in [7, 11) is 1.79. The molecule has 2 nitrogen and oxygen atoms in total. The van der Waals surface area contributed by atoms with Crippen LogP contribution in [0.1, 0.15) is 48.4 Å². The number of likely N-dealkylation sites (tertiary alicyclic amines) is 1. The molecule has 2 aromatic rings. The largest absolute Gasteiger partial charge is 0.496 e. The molecular formula is C23H31NO. The SMILES string of the molecule is CCCN1CCC(c2ccc(C)cc2)(c2cc(C)ccc2OC)CC1. The number of hydrogen-bond donors (Lipinski definition) is 0. The molecule has 0 radical (unpaired) electrons. The Labute approximate surface area is 152 Å². The Bertz CT molecular complexity index is 697. The second kappa shape index (κ2) is 7.61. The predicted molar refractivity (Wildman–Crippen MR) is 106 cm³/mol. The summed E-state index contributed by atoms with van der Waals surface area (Å²) < 4.78 is 5.78. The first kappa shape index (κ1) is 18.0. The van der Waals surface area contributed by atoms with E-state index in [1.165, 1.54) is 35.2 Å². The highest BCUT2D eigenvalue weighted by Gasteiger charge is 2.39. The van der Waals surface area contributed by atoms with E-state index < -0.39 is 0 Å². The van der Waals surface area contributed by atoms with Crippen molar-refractivity contribution < 1.29 is 4.74 Å². The minimum atomic E-state index is 0.0509. The number of aryl methyl sites for hydroxylation is 2. The van der Waals surface area contributed by atoms with Gasteiger partial charge in [-0.2, -0.15) is 0 Å². The van der Waals surface area contributed by atoms with Crippen LogP contribution < -0.4 is 4.74 Å². The highest BCUT2D eigenvalue weighted by atomic mass is 16.5. The van der Waals surface area contributed by atoms with Gasteiger partial charge in [0.15, 0.2) is 0 Å². The summed E-state index contributed by atoms with van der Waals surface area (Å²) >= 11 is 0. The fourth-order valence-corrected chi connectivity index (χ4v) is 4.26. The zero-order valence-electron chi connectivity index (χ0n) is 16.1. The minimum absolute atomic E-state index is 0.0509. The van der Waals surface area contributed by atoms with Gasteiger partial charge in [-0.05, 0) is 64.4 Å². The van der Waals surface area contributed by atoms with Gasteiger partial charge >= 0.3 is 0 Å². The number of benzene rings is 2. The molecule has 2 aromatic carbocycles. The van der Waals surface area contributed by atoms with Crippen LogP contribution in [0.25, 0.3) is 0 Å². The van der Waals surface area contributed by atoms with Gasteiger partial charge in [-0.3, -0.25) is 0 Å². The lowest BCUT2D eigenvalue weighted by molar-refractivity contribution is 0.177. The van der Waals surface area contributed by atoms with E-state index in [-0.39, 0.29) is 5.41 Å². The van der Waals surface area contributed by atoms with E-state index in [4.69, 9.17) is 4.74 Å². The quantitative estimate of drug-likeness (QED) is 0.752. The number of piperidine rings is 1. The molecule has 0 amide bonds. The summed E-state index contributed by atoms with van der Waals surface area (Å²) in [4.78, 5) is 2.61. The molecule has 0 bridgehead atoms. The summed E-state index contributed by atoms with van der Waals surface area (Å²) in [5.74, 6) is 1.02. The molecular weight excluding hydrogens is 306 g/mol. The summed E-state index contributed by atoms with van der Waals surface area (Å²) in [6, 6.07) is 15.8. The zero-order valence-corrected chi connectivity index (χ0v) is 16.1. The molecule has 1 aliphatic rings. The van der Waals surface area contributed by atoms with Crippen molar-refractivity contribution in [1.82, 2.24) is 4.90 Å². The van der Waals surface area contributed by atoms with Crippen molar-refractivity contribution in [3.63, 3.8) is 0 Å². The smallest absolute Gasteiger partial charge is 0.122 e. The Kier molecular flexibility index (Phi) is 5.48. The van der Waals surface area contributed by atoms with Crippen LogP contribution in [-0.4, -0.2) is 31.6 Å². The van der Waals surface area contributed by atoms with Crippen LogP contribution in [0, 0.1) is 13.8 Å². The van der Waals surface area contributed by atoms with Gasteiger partial charge in [-0.25, -0.2) is 0 Å². The first-order chi connectivity index (χ1) is 12.1. The number of hydrogen-bond acceptors (Lipinski definition) is 2. The van der Waals surface area contributed by atoms with Gasteiger partial charge in [-0.1, -0.05) is 54.4 Å². The maximum absolute atomic E-state index is 5.78. The summed E-state index contributed by atoms with van der Waals surface area (Å²) in [5.41, 5.74) is 5.46. The van der Waals surface area contributed by atoms with E-state index in [1.807, 2.05) is 0 Å². The fourth-order valence-electron chi connectivity index (χ4n) is 4.26. The van der Waals surface area contributed by atoms with Crippen molar-refractivity contribution in [1.29, 1.82) is 0 Å². The van der Waals surface area contributed by atoms with Gasteiger partial charge in [0.25, 0.3) is 0 Å². The lowest BCUT2D eigenvalue weighted by Crippen LogP contribution is -2.43. The lowest BCUT2D eigenvalue weighted by Gasteiger charge is -2.43. The third-order valence-electron chi connectivity index (χ3n) is 5.72. The van der Waals surface area contributed by atoms with Crippen molar-refractivity contribution >= 4 is 0 Å². The van der Waals surface area contributed by atoms with Crippen molar-refractivity contribution in [2.45, 2.75) is 45.4 Å². The molecule has 0 unspecified atom stereocenters. The maximum atomic E-state index is 5.78. The van der Waals surface area contributed by atoms with Gasteiger partial charge in [0.1, 0.15) is 5.75 Å². The number of methoxy groups -OCH3 is 1. The van der Waals surface area contributed by atoms with Crippen molar-refractivity contribution in [3.05, 3.63) is 64.7 Å². The first-order valence-electron chi connectivity index (χ1n) is 9.53. The van der Waals surface area contributed by atoms with Crippen LogP contribution in [0.15, 0.2) is 42.5 Å². The van der Waals surface area contributed by atoms with E-state index in [2.05, 4.69) is 68.1 Å². The predicted octanol–water partition coefficient (Wildman–Crippen LogP) is 5.10. The van der Waals surface area contributed by atoms with Gasteiger partial charge in [0.2, 0.25) is 0 Å². The van der Waals surface area contributed by atoms with Crippen LogP contribution >= 0.6 is 0 Å². The zero-order chi connectivity index (χ0) is 17.9. The average molecular weight is 338 g/mol. The summed E-state index contributed by atoms with van der Waals surface area (Å²) in [6.07, 6.45) is 3.52. The number of ether oxygens (including phenoxy) is 1. The van der Waals surface area contributed by atoms with Crippen LogP contribution in [0.3, 0.4) is 0 Å². The molecule has 1 fully saturated rings. The number of rotatable bonds is 5. The highest BCUT2D eigenvalue weighted by Crippen LogP contribution is 2.45. The molecule has 0 aromatic heterocycles. The van der Waals surface area contributed by atoms with Crippen LogP contribution in [0.2, 0.25) is 0 Å². The molecule has 0 saturated carbocycles. The van der Waals surface area contributed by atoms with Crippen molar-refractivity contribution in [3.8, 4) is 5.75 Å². The molecule has 3 rings (SSSR count). The van der Waals surface area contributed by atoms with E-state index in [0.717, 1.165) is 31.7 Å². The lowest BCUT2D eigenvalue weighted by atomic mass is 9.67. The van der Waals surface area contributed by atoms with Crippen molar-refractivity contribution in [2.24, 2.45) is 0 Å². The second-order valence-electron chi connectivity index (χ2n) is 7.49. The molecule has 0 spiro atoms. The van der Waals surface area contributed by atoms with Crippen LogP contribution in [0.4, 0.5) is 0 Å². The van der Waals surface area contributed by atoms with Gasteiger partial charge in [0.05, 0.1) is 7.11 Å². The molecule has 1 aliphatic heterocycles. The molecule has 0 aliphatic carbocycles. The topological polar surface area (TPSA) is 12.5 Å². The second-order valence-corrected chi connectivity index (χ2v) is 7.49. The van der Waals surface area contributed by atoms with Crippen LogP contribution in [-0.2, 0) is 5.41 Å². The molecule has 0 atom stereocenters. The normalized spacial score (nSPS) is 17.4. The van der Waals surface area contributed by atoms with Gasteiger partial charge in [0, 0.05) is 11.0 Å². The summed E-state index contributed by atoms with van der Waals surface area (Å²) in [6.45, 7) is 10.1. The third-order valence-corrected chi connectivity index (χ3v) is 5.72. The van der Waals surface area contributed by atoms with Crippen molar-refractivity contribution in [2.75, 3.05) is 26.7 Å². The highest BCUT2D eigenvalue weighted by molar-refractivity contribution is 5.49. The Hall–Kier alpha value is -1.80. The standard InChI is InChI=1S/C23H31NO/c1-5-14-24-15-12-23(13-16-24,20-9-6-18(2)7-10-20)21-17-19(3)8-11-22(21)25-4/h6-11,17H,5,12-16H2,1-4H3. The Balaban J connectivity index is 2.07. The third kappa shape index (κ3) is 3.59. The molecule has 2 heteroatoms. The van der Waals surface area contributed by atoms with Gasteiger partial charge < -0.3 is 9.64 Å². The molecule has 25 heavy (non-hydrogen) atoms. The van der Waals surface area contributed by atoms with Crippen LogP contribution in [0.5, 0.6) is 5.75 Å². The monoisotopic (exact) mass is 337 g/mol. The van der Waals surface area contributed by atoms with E-state index in [9.17, 15) is 0 Å². The van der Waals surface area contributed by atoms with E-state index in [0.29, 0.717) is 0 Å². The summed E-state index contributed by atoms with van der Waals surface area (Å²) in [5, 5.41) is 0.